The summed E-state index contributed by atoms with van der Waals surface area (Å²) in [4.78, 5) is 0. The predicted octanol–water partition coefficient (Wildman–Crippen LogP) is 0.360. The highest BCUT2D eigenvalue weighted by atomic mass is 16.3. The zero-order valence-electron chi connectivity index (χ0n) is 8.98. The molecule has 3 nitrogen and oxygen atoms in total. The molecule has 1 rings (SSSR count). The second kappa shape index (κ2) is 5.19. The van der Waals surface area contributed by atoms with Crippen LogP contribution in [0.4, 0.5) is 5.69 Å². The van der Waals surface area contributed by atoms with Crippen LogP contribution in [-0.2, 0) is 6.42 Å². The van der Waals surface area contributed by atoms with Crippen molar-refractivity contribution in [3.63, 3.8) is 0 Å². The van der Waals surface area contributed by atoms with E-state index in [1.807, 2.05) is 18.2 Å². The lowest BCUT2D eigenvalue weighted by molar-refractivity contribution is 0.195. The first-order chi connectivity index (χ1) is 7.06. The van der Waals surface area contributed by atoms with Crippen LogP contribution in [0.25, 0.3) is 0 Å². The lowest BCUT2D eigenvalue weighted by Crippen LogP contribution is -2.15. The van der Waals surface area contributed by atoms with Crippen molar-refractivity contribution in [1.82, 2.24) is 0 Å². The van der Waals surface area contributed by atoms with Gasteiger partial charge in [-0.15, -0.1) is 0 Å². The number of para-hydroxylation sites is 1. The predicted molar refractivity (Wildman–Crippen MR) is 63.8 cm³/mol. The second-order valence-electron chi connectivity index (χ2n) is 3.82. The molecule has 0 aliphatic carbocycles. The molecule has 15 heavy (non-hydrogen) atoms. The van der Waals surface area contributed by atoms with Gasteiger partial charge in [0.05, 0.1) is 14.0 Å². The number of aliphatic hydroxyl groups is 1. The zero-order valence-corrected chi connectivity index (χ0v) is 8.98. The number of nitrogens with two attached hydrogens (primary N) is 2. The Morgan fingerprint density at radius 2 is 2.13 bits per heavy atom. The minimum Gasteiger partial charge on any atom is -0.398 e. The van der Waals surface area contributed by atoms with Crippen LogP contribution in [0.3, 0.4) is 0 Å². The van der Waals surface area contributed by atoms with E-state index in [4.69, 9.17) is 19.3 Å². The molecule has 0 bridgehead atoms. The maximum atomic E-state index is 9.31. The number of nitrogen functional groups attached to an aromatic ring is 1. The molecule has 0 spiro atoms. The second-order valence-corrected chi connectivity index (χ2v) is 3.82. The summed E-state index contributed by atoms with van der Waals surface area (Å²) in [5, 5.41) is 9.31. The van der Waals surface area contributed by atoms with Gasteiger partial charge in [-0.1, -0.05) is 18.2 Å². The number of anilines is 1. The van der Waals surface area contributed by atoms with Crippen LogP contribution in [0.5, 0.6) is 0 Å². The van der Waals surface area contributed by atoms with Crippen LogP contribution in [0.15, 0.2) is 18.2 Å². The highest BCUT2D eigenvalue weighted by molar-refractivity contribution is 6.13. The summed E-state index contributed by atoms with van der Waals surface area (Å²) in [5.41, 5.74) is 13.9. The molecule has 0 saturated heterocycles. The lowest BCUT2D eigenvalue weighted by atomic mass is 9.79. The Morgan fingerprint density at radius 1 is 1.47 bits per heavy atom. The van der Waals surface area contributed by atoms with E-state index in [1.165, 1.54) is 0 Å². The molecular weight excluding hydrogens is 187 g/mol. The quantitative estimate of drug-likeness (QED) is 0.489. The molecule has 0 aliphatic rings. The normalized spacial score (nSPS) is 14.9. The van der Waals surface area contributed by atoms with Crippen LogP contribution >= 0.6 is 0 Å². The van der Waals surface area contributed by atoms with Crippen LogP contribution < -0.4 is 11.5 Å². The summed E-state index contributed by atoms with van der Waals surface area (Å²) >= 11 is 0. The molecule has 4 heteroatoms. The Morgan fingerprint density at radius 3 is 2.67 bits per heavy atom. The van der Waals surface area contributed by atoms with Gasteiger partial charge in [0.25, 0.3) is 0 Å². The molecule has 0 saturated carbocycles. The van der Waals surface area contributed by atoms with Crippen molar-refractivity contribution in [2.45, 2.75) is 25.3 Å². The summed E-state index contributed by atoms with van der Waals surface area (Å²) in [6, 6.07) is 5.66. The van der Waals surface area contributed by atoms with Crippen molar-refractivity contribution in [3.8, 4) is 0 Å². The smallest absolute Gasteiger partial charge is 0.0781 e. The third kappa shape index (κ3) is 2.98. The van der Waals surface area contributed by atoms with Crippen LogP contribution in [0, 0.1) is 0 Å². The van der Waals surface area contributed by atoms with E-state index in [-0.39, 0.29) is 5.82 Å². The van der Waals surface area contributed by atoms with Gasteiger partial charge in [-0.25, -0.2) is 0 Å². The Kier molecular flexibility index (Phi) is 4.18. The van der Waals surface area contributed by atoms with E-state index in [0.29, 0.717) is 18.7 Å². The molecule has 0 heterocycles. The fourth-order valence-electron chi connectivity index (χ4n) is 1.58. The SMILES string of the molecule is [B]C(CN)c1cccc(CC(C)O)c1N. The largest absolute Gasteiger partial charge is 0.398 e. The van der Waals surface area contributed by atoms with E-state index in [0.717, 1.165) is 11.1 Å². The highest BCUT2D eigenvalue weighted by Gasteiger charge is 2.11. The van der Waals surface area contributed by atoms with Gasteiger partial charge >= 0.3 is 0 Å². The highest BCUT2D eigenvalue weighted by Crippen LogP contribution is 2.24. The molecule has 0 aliphatic heterocycles. The van der Waals surface area contributed by atoms with Gasteiger partial charge in [0, 0.05) is 12.1 Å². The molecule has 1 aromatic rings. The molecule has 2 atom stereocenters. The molecule has 0 aromatic heterocycles. The van der Waals surface area contributed by atoms with Crippen LogP contribution in [-0.4, -0.2) is 25.6 Å². The maximum Gasteiger partial charge on any atom is 0.0781 e. The number of hydrogen-bond acceptors (Lipinski definition) is 3. The molecule has 0 fully saturated rings. The van der Waals surface area contributed by atoms with E-state index in [2.05, 4.69) is 0 Å². The molecule has 80 valence electrons. The first-order valence-corrected chi connectivity index (χ1v) is 5.07. The molecule has 2 unspecified atom stereocenters. The summed E-state index contributed by atoms with van der Waals surface area (Å²) in [5.74, 6) is -0.237. The summed E-state index contributed by atoms with van der Waals surface area (Å²) in [6.45, 7) is 2.09. The monoisotopic (exact) mass is 204 g/mol. The zero-order chi connectivity index (χ0) is 11.4. The fraction of sp³-hybridized carbons (Fsp3) is 0.455. The van der Waals surface area contributed by atoms with Crippen molar-refractivity contribution in [1.29, 1.82) is 0 Å². The fourth-order valence-corrected chi connectivity index (χ4v) is 1.58. The Hall–Kier alpha value is -0.995. The van der Waals surface area contributed by atoms with E-state index in [9.17, 15) is 5.11 Å². The van der Waals surface area contributed by atoms with Crippen molar-refractivity contribution >= 4 is 13.5 Å². The maximum absolute atomic E-state index is 9.31. The van der Waals surface area contributed by atoms with Crippen molar-refractivity contribution in [3.05, 3.63) is 29.3 Å². The minimum absolute atomic E-state index is 0.237. The Labute approximate surface area is 91.9 Å². The number of hydrogen-bond donors (Lipinski definition) is 3. The van der Waals surface area contributed by atoms with Crippen molar-refractivity contribution in [2.24, 2.45) is 5.73 Å². The van der Waals surface area contributed by atoms with E-state index < -0.39 is 6.10 Å². The summed E-state index contributed by atoms with van der Waals surface area (Å²) in [7, 11) is 5.83. The topological polar surface area (TPSA) is 72.3 Å². The molecule has 1 aromatic carbocycles. The number of benzene rings is 1. The molecule has 2 radical (unpaired) electrons. The van der Waals surface area contributed by atoms with Crippen LogP contribution in [0.2, 0.25) is 0 Å². The molecule has 5 N–H and O–H groups in total. The van der Waals surface area contributed by atoms with Gasteiger partial charge in [0.1, 0.15) is 0 Å². The Balaban J connectivity index is 3.00. The van der Waals surface area contributed by atoms with Gasteiger partial charge in [-0.05, 0) is 30.4 Å². The van der Waals surface area contributed by atoms with Gasteiger partial charge in [-0.2, -0.15) is 0 Å². The first-order valence-electron chi connectivity index (χ1n) is 5.07. The minimum atomic E-state index is -0.406. The lowest BCUT2D eigenvalue weighted by Gasteiger charge is -2.16. The van der Waals surface area contributed by atoms with E-state index >= 15 is 0 Å². The summed E-state index contributed by atoms with van der Waals surface area (Å²) < 4.78 is 0. The van der Waals surface area contributed by atoms with Gasteiger partial charge in [0.2, 0.25) is 0 Å². The van der Waals surface area contributed by atoms with Crippen molar-refractivity contribution in [2.75, 3.05) is 12.3 Å². The Bertz CT molecular complexity index is 328. The van der Waals surface area contributed by atoms with Gasteiger partial charge in [-0.3, -0.25) is 0 Å². The third-order valence-electron chi connectivity index (χ3n) is 2.40. The number of rotatable bonds is 4. The molecular formula is C11H17BN2O. The van der Waals surface area contributed by atoms with Crippen LogP contribution in [0.1, 0.15) is 23.9 Å². The van der Waals surface area contributed by atoms with Crippen molar-refractivity contribution < 1.29 is 5.11 Å². The standard InChI is InChI=1S/C11H17BN2O/c1-7(15)5-8-3-2-4-9(11(8)14)10(12)6-13/h2-4,7,10,15H,5-6,13-14H2,1H3. The molecule has 0 amide bonds. The van der Waals surface area contributed by atoms with E-state index in [1.54, 1.807) is 6.92 Å². The average Bonchev–Trinajstić information content (AvgIpc) is 2.19. The third-order valence-corrected chi connectivity index (χ3v) is 2.40. The summed E-state index contributed by atoms with van der Waals surface area (Å²) in [6.07, 6.45) is 0.133. The first kappa shape index (κ1) is 12.1. The average molecular weight is 204 g/mol. The van der Waals surface area contributed by atoms with Gasteiger partial charge in [0.15, 0.2) is 0 Å². The number of aliphatic hydroxyl groups excluding tert-OH is 1. The van der Waals surface area contributed by atoms with Gasteiger partial charge < -0.3 is 16.6 Å².